The van der Waals surface area contributed by atoms with Crippen molar-refractivity contribution in [3.8, 4) is 11.5 Å². The second-order valence-electron chi connectivity index (χ2n) is 4.51. The maximum atomic E-state index is 11.1. The first-order chi connectivity index (χ1) is 9.06. The number of esters is 1. The fourth-order valence-electron chi connectivity index (χ4n) is 1.97. The Morgan fingerprint density at radius 2 is 1.89 bits per heavy atom. The summed E-state index contributed by atoms with van der Waals surface area (Å²) in [6, 6.07) is 12.8. The molecule has 1 N–H and O–H groups in total. The molecule has 0 amide bonds. The van der Waals surface area contributed by atoms with E-state index in [9.17, 15) is 9.90 Å². The van der Waals surface area contributed by atoms with E-state index in [0.717, 1.165) is 16.7 Å². The molecule has 0 saturated heterocycles. The first-order valence-electron chi connectivity index (χ1n) is 6.11. The topological polar surface area (TPSA) is 46.5 Å². The van der Waals surface area contributed by atoms with Gasteiger partial charge in [0.25, 0.3) is 0 Å². The Bertz CT molecular complexity index is 603. The number of para-hydroxylation sites is 1. The average Bonchev–Trinajstić information content (AvgIpc) is 2.35. The first-order valence-corrected chi connectivity index (χ1v) is 6.11. The van der Waals surface area contributed by atoms with E-state index in [4.69, 9.17) is 4.74 Å². The Balaban J connectivity index is 2.32. The summed E-state index contributed by atoms with van der Waals surface area (Å²) in [6.45, 7) is 3.35. The molecule has 3 heteroatoms. The maximum absolute atomic E-state index is 11.1. The molecule has 2 aromatic rings. The molecule has 98 valence electrons. The zero-order valence-electron chi connectivity index (χ0n) is 11.0. The van der Waals surface area contributed by atoms with Crippen LogP contribution in [0.5, 0.6) is 11.5 Å². The normalized spacial score (nSPS) is 10.2. The molecular formula is C16H16O3. The second kappa shape index (κ2) is 5.57. The highest BCUT2D eigenvalue weighted by atomic mass is 16.5. The Morgan fingerprint density at radius 1 is 1.16 bits per heavy atom. The zero-order chi connectivity index (χ0) is 13.8. The van der Waals surface area contributed by atoms with E-state index < -0.39 is 0 Å². The highest BCUT2D eigenvalue weighted by Crippen LogP contribution is 2.26. The van der Waals surface area contributed by atoms with Gasteiger partial charge < -0.3 is 9.84 Å². The minimum Gasteiger partial charge on any atom is -0.508 e. The Kier molecular flexibility index (Phi) is 3.85. The van der Waals surface area contributed by atoms with E-state index in [-0.39, 0.29) is 11.7 Å². The number of phenolic OH excluding ortho intramolecular Hbond substituents is 1. The fourth-order valence-corrected chi connectivity index (χ4v) is 1.97. The molecule has 0 atom stereocenters. The number of aryl methyl sites for hydroxylation is 1. The molecular weight excluding hydrogens is 240 g/mol. The van der Waals surface area contributed by atoms with Crippen LogP contribution in [0.1, 0.15) is 23.6 Å². The summed E-state index contributed by atoms with van der Waals surface area (Å²) in [5, 5.41) is 9.86. The third-order valence-electron chi connectivity index (χ3n) is 2.84. The van der Waals surface area contributed by atoms with Crippen LogP contribution < -0.4 is 4.74 Å². The zero-order valence-corrected chi connectivity index (χ0v) is 11.0. The van der Waals surface area contributed by atoms with Crippen molar-refractivity contribution in [3.63, 3.8) is 0 Å². The van der Waals surface area contributed by atoms with Gasteiger partial charge >= 0.3 is 5.97 Å². The lowest BCUT2D eigenvalue weighted by molar-refractivity contribution is -0.131. The average molecular weight is 256 g/mol. The van der Waals surface area contributed by atoms with Crippen LogP contribution in [-0.4, -0.2) is 11.1 Å². The number of ether oxygens (including phenoxy) is 1. The van der Waals surface area contributed by atoms with Crippen LogP contribution in [0.25, 0.3) is 0 Å². The predicted octanol–water partition coefficient (Wildman–Crippen LogP) is 3.22. The third-order valence-corrected chi connectivity index (χ3v) is 2.84. The third kappa shape index (κ3) is 3.35. The summed E-state index contributed by atoms with van der Waals surface area (Å²) >= 11 is 0. The summed E-state index contributed by atoms with van der Waals surface area (Å²) in [4.78, 5) is 11.1. The van der Waals surface area contributed by atoms with Crippen molar-refractivity contribution in [2.75, 3.05) is 0 Å². The molecule has 2 aromatic carbocycles. The van der Waals surface area contributed by atoms with Crippen molar-refractivity contribution in [1.29, 1.82) is 0 Å². The monoisotopic (exact) mass is 256 g/mol. The molecule has 0 saturated carbocycles. The molecule has 0 unspecified atom stereocenters. The SMILES string of the molecule is CC(=O)Oc1ccccc1Cc1cc(C)ccc1O. The summed E-state index contributed by atoms with van der Waals surface area (Å²) in [5.41, 5.74) is 2.77. The number of rotatable bonds is 3. The van der Waals surface area contributed by atoms with Gasteiger partial charge in [0.05, 0.1) is 0 Å². The molecule has 0 heterocycles. The molecule has 0 radical (unpaired) electrons. The number of carbonyl (C=O) groups is 1. The van der Waals surface area contributed by atoms with Gasteiger partial charge in [-0.05, 0) is 30.2 Å². The van der Waals surface area contributed by atoms with Gasteiger partial charge in [-0.2, -0.15) is 0 Å². The van der Waals surface area contributed by atoms with Crippen LogP contribution in [0.15, 0.2) is 42.5 Å². The molecule has 0 aliphatic carbocycles. The van der Waals surface area contributed by atoms with Gasteiger partial charge in [-0.15, -0.1) is 0 Å². The lowest BCUT2D eigenvalue weighted by Gasteiger charge is -2.10. The van der Waals surface area contributed by atoms with Gasteiger partial charge in [0.15, 0.2) is 0 Å². The fraction of sp³-hybridized carbons (Fsp3) is 0.188. The van der Waals surface area contributed by atoms with Crippen molar-refractivity contribution >= 4 is 5.97 Å². The van der Waals surface area contributed by atoms with Crippen LogP contribution in [-0.2, 0) is 11.2 Å². The van der Waals surface area contributed by atoms with Crippen LogP contribution >= 0.6 is 0 Å². The molecule has 0 aromatic heterocycles. The minimum atomic E-state index is -0.346. The predicted molar refractivity (Wildman–Crippen MR) is 73.4 cm³/mol. The van der Waals surface area contributed by atoms with Crippen LogP contribution in [0.4, 0.5) is 0 Å². The van der Waals surface area contributed by atoms with E-state index in [0.29, 0.717) is 12.2 Å². The van der Waals surface area contributed by atoms with E-state index in [1.54, 1.807) is 12.1 Å². The van der Waals surface area contributed by atoms with Crippen molar-refractivity contribution in [2.24, 2.45) is 0 Å². The van der Waals surface area contributed by atoms with Crippen molar-refractivity contribution < 1.29 is 14.6 Å². The largest absolute Gasteiger partial charge is 0.508 e. The molecule has 0 spiro atoms. The molecule has 3 nitrogen and oxygen atoms in total. The van der Waals surface area contributed by atoms with E-state index in [2.05, 4.69) is 0 Å². The Hall–Kier alpha value is -2.29. The van der Waals surface area contributed by atoms with Gasteiger partial charge in [0.2, 0.25) is 0 Å². The van der Waals surface area contributed by atoms with Crippen LogP contribution in [0.3, 0.4) is 0 Å². The van der Waals surface area contributed by atoms with E-state index in [1.807, 2.05) is 37.3 Å². The summed E-state index contributed by atoms with van der Waals surface area (Å²) < 4.78 is 5.17. The first kappa shape index (κ1) is 13.1. The van der Waals surface area contributed by atoms with Gasteiger partial charge in [0.1, 0.15) is 11.5 Å². The lowest BCUT2D eigenvalue weighted by Crippen LogP contribution is -2.04. The number of benzene rings is 2. The molecule has 0 aliphatic rings. The Morgan fingerprint density at radius 3 is 2.63 bits per heavy atom. The Labute approximate surface area is 112 Å². The highest BCUT2D eigenvalue weighted by molar-refractivity contribution is 5.69. The maximum Gasteiger partial charge on any atom is 0.308 e. The van der Waals surface area contributed by atoms with Crippen molar-refractivity contribution in [3.05, 3.63) is 59.2 Å². The standard InChI is InChI=1S/C16H16O3/c1-11-7-8-15(18)14(9-11)10-13-5-3-4-6-16(13)19-12(2)17/h3-9,18H,10H2,1-2H3. The molecule has 19 heavy (non-hydrogen) atoms. The quantitative estimate of drug-likeness (QED) is 0.677. The van der Waals surface area contributed by atoms with Crippen LogP contribution in [0.2, 0.25) is 0 Å². The van der Waals surface area contributed by atoms with Gasteiger partial charge in [-0.1, -0.05) is 35.9 Å². The molecule has 0 fully saturated rings. The number of hydrogen-bond donors (Lipinski definition) is 1. The minimum absolute atomic E-state index is 0.253. The van der Waals surface area contributed by atoms with Crippen LogP contribution in [0, 0.1) is 6.92 Å². The lowest BCUT2D eigenvalue weighted by atomic mass is 10.0. The number of phenols is 1. The van der Waals surface area contributed by atoms with Crippen molar-refractivity contribution in [2.45, 2.75) is 20.3 Å². The smallest absolute Gasteiger partial charge is 0.308 e. The van der Waals surface area contributed by atoms with E-state index in [1.165, 1.54) is 6.92 Å². The number of hydrogen-bond acceptors (Lipinski definition) is 3. The highest BCUT2D eigenvalue weighted by Gasteiger charge is 2.09. The van der Waals surface area contributed by atoms with Gasteiger partial charge in [-0.25, -0.2) is 0 Å². The molecule has 0 aliphatic heterocycles. The number of carbonyl (C=O) groups excluding carboxylic acids is 1. The summed E-state index contributed by atoms with van der Waals surface area (Å²) in [5.74, 6) is 0.444. The molecule has 0 bridgehead atoms. The second-order valence-corrected chi connectivity index (χ2v) is 4.51. The van der Waals surface area contributed by atoms with E-state index >= 15 is 0 Å². The van der Waals surface area contributed by atoms with Gasteiger partial charge in [-0.3, -0.25) is 4.79 Å². The summed E-state index contributed by atoms with van der Waals surface area (Å²) in [6.07, 6.45) is 0.525. The number of aromatic hydroxyl groups is 1. The van der Waals surface area contributed by atoms with Crippen molar-refractivity contribution in [1.82, 2.24) is 0 Å². The summed E-state index contributed by atoms with van der Waals surface area (Å²) in [7, 11) is 0. The van der Waals surface area contributed by atoms with Gasteiger partial charge in [0, 0.05) is 13.3 Å². The molecule has 2 rings (SSSR count).